The molecule has 0 unspecified atom stereocenters. The number of aromatic nitrogens is 1. The largest absolute Gasteiger partial charge is 0.336 e. The Morgan fingerprint density at radius 2 is 1.72 bits per heavy atom. The van der Waals surface area contributed by atoms with E-state index in [2.05, 4.69) is 32.8 Å². The van der Waals surface area contributed by atoms with Gasteiger partial charge in [-0.25, -0.2) is 0 Å². The summed E-state index contributed by atoms with van der Waals surface area (Å²) in [7, 11) is 0. The van der Waals surface area contributed by atoms with E-state index in [9.17, 15) is 4.79 Å². The highest BCUT2D eigenvalue weighted by Gasteiger charge is 2.22. The second-order valence-electron chi connectivity index (χ2n) is 8.91. The number of piperazine rings is 1. The molecule has 0 spiro atoms. The predicted octanol–water partition coefficient (Wildman–Crippen LogP) is 6.93. The third-order valence-corrected chi connectivity index (χ3v) is 7.64. The number of halogens is 2. The average molecular weight is 538 g/mol. The molecule has 0 bridgehead atoms. The number of rotatable bonds is 6. The summed E-state index contributed by atoms with van der Waals surface area (Å²) < 4.78 is 3.43. The minimum atomic E-state index is 0.0704. The normalized spacial score (nSPS) is 14.2. The molecular weight excluding hydrogens is 511 g/mol. The summed E-state index contributed by atoms with van der Waals surface area (Å²) in [4.78, 5) is 23.0. The summed E-state index contributed by atoms with van der Waals surface area (Å²) in [6.07, 6.45) is 1.81. The van der Waals surface area contributed by atoms with Crippen molar-refractivity contribution >= 4 is 57.6 Å². The van der Waals surface area contributed by atoms with Gasteiger partial charge in [0.15, 0.2) is 0 Å². The van der Waals surface area contributed by atoms with E-state index in [0.29, 0.717) is 28.7 Å². The molecule has 5 nitrogen and oxygen atoms in total. The van der Waals surface area contributed by atoms with E-state index in [0.717, 1.165) is 52.2 Å². The van der Waals surface area contributed by atoms with Crippen molar-refractivity contribution in [3.8, 4) is 0 Å². The molecule has 0 atom stereocenters. The first-order chi connectivity index (χ1) is 17.5. The molecule has 5 rings (SSSR count). The highest BCUT2D eigenvalue weighted by Crippen LogP contribution is 2.29. The van der Waals surface area contributed by atoms with Gasteiger partial charge < -0.3 is 9.62 Å². The second-order valence-corrected chi connectivity index (χ2v) is 10.6. The summed E-state index contributed by atoms with van der Waals surface area (Å²) in [5.74, 6) is 0.0704. The molecule has 184 valence electrons. The fourth-order valence-corrected chi connectivity index (χ4v) is 5.87. The van der Waals surface area contributed by atoms with Crippen molar-refractivity contribution in [1.29, 1.82) is 0 Å². The average Bonchev–Trinajstić information content (AvgIpc) is 2.87. The highest BCUT2D eigenvalue weighted by atomic mass is 35.5. The van der Waals surface area contributed by atoms with Gasteiger partial charge in [-0.3, -0.25) is 14.7 Å². The molecule has 1 saturated heterocycles. The third-order valence-electron chi connectivity index (χ3n) is 6.33. The fourth-order valence-electron chi connectivity index (χ4n) is 4.43. The molecule has 1 fully saturated rings. The lowest BCUT2D eigenvalue weighted by Crippen LogP contribution is -2.48. The molecule has 1 aromatic heterocycles. The van der Waals surface area contributed by atoms with Crippen molar-refractivity contribution in [2.45, 2.75) is 18.4 Å². The van der Waals surface area contributed by atoms with E-state index in [4.69, 9.17) is 23.2 Å². The number of pyridine rings is 1. The van der Waals surface area contributed by atoms with Crippen LogP contribution in [0, 0.1) is 6.92 Å². The smallest absolute Gasteiger partial charge is 0.253 e. The number of anilines is 1. The number of para-hydroxylation sites is 1. The lowest BCUT2D eigenvalue weighted by Gasteiger charge is -2.35. The number of hydrogen-bond donors (Lipinski definition) is 1. The second kappa shape index (κ2) is 11.1. The van der Waals surface area contributed by atoms with Crippen molar-refractivity contribution in [2.75, 3.05) is 30.9 Å². The van der Waals surface area contributed by atoms with Crippen LogP contribution in [-0.4, -0.2) is 46.9 Å². The minimum absolute atomic E-state index is 0.0704. The molecule has 0 saturated carbocycles. The first-order valence-corrected chi connectivity index (χ1v) is 13.4. The molecule has 0 aliphatic carbocycles. The van der Waals surface area contributed by atoms with Gasteiger partial charge in [0.1, 0.15) is 0 Å². The number of carbonyl (C=O) groups is 1. The first-order valence-electron chi connectivity index (χ1n) is 11.8. The number of carbonyl (C=O) groups excluding carboxylic acids is 1. The Morgan fingerprint density at radius 1 is 0.972 bits per heavy atom. The minimum Gasteiger partial charge on any atom is -0.336 e. The molecule has 1 aliphatic rings. The van der Waals surface area contributed by atoms with Gasteiger partial charge in [0.2, 0.25) is 0 Å². The number of benzene rings is 3. The van der Waals surface area contributed by atoms with Gasteiger partial charge in [-0.2, -0.15) is 0 Å². The summed E-state index contributed by atoms with van der Waals surface area (Å²) in [5, 5.41) is 2.40. The molecule has 36 heavy (non-hydrogen) atoms. The molecule has 0 radical (unpaired) electrons. The van der Waals surface area contributed by atoms with E-state index in [1.165, 1.54) is 11.9 Å². The first kappa shape index (κ1) is 24.9. The SMILES string of the molecule is Cc1cc(C(=O)N2CCN(Cc3cc(Cl)cc(Cl)c3)CC2)ccc1NSc1cccc2cccnc12. The molecule has 1 amide bonds. The van der Waals surface area contributed by atoms with Crippen LogP contribution < -0.4 is 4.72 Å². The maximum atomic E-state index is 13.2. The van der Waals surface area contributed by atoms with Crippen LogP contribution >= 0.6 is 35.1 Å². The van der Waals surface area contributed by atoms with Gasteiger partial charge in [0.25, 0.3) is 5.91 Å². The Hall–Kier alpha value is -2.77. The molecule has 8 heteroatoms. The van der Waals surface area contributed by atoms with Crippen molar-refractivity contribution < 1.29 is 4.79 Å². The monoisotopic (exact) mass is 536 g/mol. The van der Waals surface area contributed by atoms with Crippen LogP contribution in [0.3, 0.4) is 0 Å². The summed E-state index contributed by atoms with van der Waals surface area (Å²) in [6, 6.07) is 21.6. The zero-order chi connectivity index (χ0) is 25.1. The summed E-state index contributed by atoms with van der Waals surface area (Å²) >= 11 is 13.8. The van der Waals surface area contributed by atoms with Crippen LogP contribution in [0.25, 0.3) is 10.9 Å². The molecule has 3 aromatic carbocycles. The Bertz CT molecular complexity index is 1380. The lowest BCUT2D eigenvalue weighted by atomic mass is 10.1. The standard InChI is InChI=1S/C28H26Cl2N4OS/c1-19-14-22(7-8-25(19)32-36-26-6-2-4-21-5-3-9-31-27(21)26)28(35)34-12-10-33(11-13-34)18-20-15-23(29)17-24(30)16-20/h2-9,14-17,32H,10-13,18H2,1H3. The van der Waals surface area contributed by atoms with Gasteiger partial charge in [-0.05, 0) is 78.5 Å². The van der Waals surface area contributed by atoms with Crippen molar-refractivity contribution in [1.82, 2.24) is 14.8 Å². The van der Waals surface area contributed by atoms with Crippen LogP contribution in [0.1, 0.15) is 21.5 Å². The molecule has 1 N–H and O–H groups in total. The van der Waals surface area contributed by atoms with Gasteiger partial charge in [-0.1, -0.05) is 41.4 Å². The van der Waals surface area contributed by atoms with Crippen LogP contribution in [0.15, 0.2) is 77.8 Å². The van der Waals surface area contributed by atoms with Crippen LogP contribution in [-0.2, 0) is 6.54 Å². The Labute approximate surface area is 225 Å². The topological polar surface area (TPSA) is 48.5 Å². The number of hydrogen-bond acceptors (Lipinski definition) is 5. The van der Waals surface area contributed by atoms with Gasteiger partial charge >= 0.3 is 0 Å². The Balaban J connectivity index is 1.18. The fraction of sp³-hybridized carbons (Fsp3) is 0.214. The van der Waals surface area contributed by atoms with Crippen LogP contribution in [0.5, 0.6) is 0 Å². The quantitative estimate of drug-likeness (QED) is 0.271. The number of nitrogens with one attached hydrogen (secondary N) is 1. The predicted molar refractivity (Wildman–Crippen MR) is 150 cm³/mol. The summed E-state index contributed by atoms with van der Waals surface area (Å²) in [5.41, 5.74) is 4.78. The Kier molecular flexibility index (Phi) is 7.67. The van der Waals surface area contributed by atoms with E-state index < -0.39 is 0 Å². The zero-order valence-corrected chi connectivity index (χ0v) is 22.2. The van der Waals surface area contributed by atoms with Crippen LogP contribution in [0.4, 0.5) is 5.69 Å². The van der Waals surface area contributed by atoms with Crippen molar-refractivity contribution in [3.63, 3.8) is 0 Å². The van der Waals surface area contributed by atoms with E-state index in [1.807, 2.05) is 60.5 Å². The van der Waals surface area contributed by atoms with Crippen LogP contribution in [0.2, 0.25) is 10.0 Å². The molecule has 1 aliphatic heterocycles. The maximum Gasteiger partial charge on any atom is 0.253 e. The number of aryl methyl sites for hydroxylation is 1. The zero-order valence-electron chi connectivity index (χ0n) is 19.9. The molecular formula is C28H26Cl2N4OS. The van der Waals surface area contributed by atoms with E-state index in [1.54, 1.807) is 6.07 Å². The number of nitrogens with zero attached hydrogens (tertiary/aromatic N) is 3. The van der Waals surface area contributed by atoms with Crippen molar-refractivity contribution in [2.24, 2.45) is 0 Å². The van der Waals surface area contributed by atoms with Gasteiger partial charge in [-0.15, -0.1) is 0 Å². The number of fused-ring (bicyclic) bond motifs is 1. The van der Waals surface area contributed by atoms with E-state index in [-0.39, 0.29) is 5.91 Å². The molecule has 4 aromatic rings. The van der Waals surface area contributed by atoms with E-state index >= 15 is 0 Å². The highest BCUT2D eigenvalue weighted by molar-refractivity contribution is 8.00. The van der Waals surface area contributed by atoms with Crippen molar-refractivity contribution in [3.05, 3.63) is 99.7 Å². The Morgan fingerprint density at radius 3 is 2.47 bits per heavy atom. The lowest BCUT2D eigenvalue weighted by molar-refractivity contribution is 0.0628. The summed E-state index contributed by atoms with van der Waals surface area (Å²) in [6.45, 7) is 5.79. The third kappa shape index (κ3) is 5.79. The molecule has 2 heterocycles. The maximum absolute atomic E-state index is 13.2. The van der Waals surface area contributed by atoms with Gasteiger partial charge in [0, 0.05) is 65.6 Å². The van der Waals surface area contributed by atoms with Gasteiger partial charge in [0.05, 0.1) is 10.4 Å². The number of amides is 1.